The SMILES string of the molecule is COC(=O)CCNc1cc(Br)c(F)cc1F. The third kappa shape index (κ3) is 3.44. The van der Waals surface area contributed by atoms with Crippen molar-refractivity contribution in [1.29, 1.82) is 0 Å². The van der Waals surface area contributed by atoms with Crippen LogP contribution in [0.3, 0.4) is 0 Å². The van der Waals surface area contributed by atoms with Crippen molar-refractivity contribution in [2.45, 2.75) is 6.42 Å². The third-order valence-electron chi connectivity index (χ3n) is 1.88. The topological polar surface area (TPSA) is 38.3 Å². The highest BCUT2D eigenvalue weighted by Crippen LogP contribution is 2.23. The minimum atomic E-state index is -0.703. The molecule has 3 nitrogen and oxygen atoms in total. The molecule has 0 unspecified atom stereocenters. The summed E-state index contributed by atoms with van der Waals surface area (Å²) < 4.78 is 30.7. The first kappa shape index (κ1) is 12.9. The molecule has 1 N–H and O–H groups in total. The second-order valence-electron chi connectivity index (χ2n) is 3.00. The van der Waals surface area contributed by atoms with Crippen molar-refractivity contribution in [3.63, 3.8) is 0 Å². The summed E-state index contributed by atoms with van der Waals surface area (Å²) in [6.07, 6.45) is 0.116. The third-order valence-corrected chi connectivity index (χ3v) is 2.49. The van der Waals surface area contributed by atoms with Gasteiger partial charge in [0, 0.05) is 12.6 Å². The van der Waals surface area contributed by atoms with Crippen molar-refractivity contribution in [1.82, 2.24) is 0 Å². The first-order valence-corrected chi connectivity index (χ1v) is 5.29. The normalized spacial score (nSPS) is 10.0. The van der Waals surface area contributed by atoms with Crippen LogP contribution in [-0.4, -0.2) is 19.6 Å². The molecule has 88 valence electrons. The second kappa shape index (κ2) is 5.79. The van der Waals surface area contributed by atoms with Gasteiger partial charge in [0.25, 0.3) is 0 Å². The zero-order chi connectivity index (χ0) is 12.1. The molecule has 0 radical (unpaired) electrons. The highest BCUT2D eigenvalue weighted by atomic mass is 79.9. The lowest BCUT2D eigenvalue weighted by Crippen LogP contribution is -2.10. The molecule has 0 fully saturated rings. The molecule has 1 aromatic carbocycles. The van der Waals surface area contributed by atoms with Crippen molar-refractivity contribution in [3.8, 4) is 0 Å². The van der Waals surface area contributed by atoms with Crippen LogP contribution in [0.2, 0.25) is 0 Å². The van der Waals surface area contributed by atoms with Crippen LogP contribution in [-0.2, 0) is 9.53 Å². The molecule has 1 aromatic rings. The fraction of sp³-hybridized carbons (Fsp3) is 0.300. The summed E-state index contributed by atoms with van der Waals surface area (Å²) in [6, 6.07) is 2.05. The van der Waals surface area contributed by atoms with Gasteiger partial charge < -0.3 is 10.1 Å². The minimum Gasteiger partial charge on any atom is -0.469 e. The van der Waals surface area contributed by atoms with E-state index >= 15 is 0 Å². The molecule has 0 saturated carbocycles. The fourth-order valence-corrected chi connectivity index (χ4v) is 1.40. The van der Waals surface area contributed by atoms with Crippen LogP contribution in [0, 0.1) is 11.6 Å². The lowest BCUT2D eigenvalue weighted by atomic mass is 10.3. The number of hydrogen-bond acceptors (Lipinski definition) is 3. The van der Waals surface area contributed by atoms with Gasteiger partial charge in [-0.25, -0.2) is 8.78 Å². The summed E-state index contributed by atoms with van der Waals surface area (Å²) in [6.45, 7) is 0.224. The van der Waals surface area contributed by atoms with E-state index in [1.807, 2.05) is 0 Å². The van der Waals surface area contributed by atoms with E-state index in [0.717, 1.165) is 6.07 Å². The summed E-state index contributed by atoms with van der Waals surface area (Å²) in [7, 11) is 1.28. The number of methoxy groups -OCH3 is 1. The van der Waals surface area contributed by atoms with Gasteiger partial charge >= 0.3 is 5.97 Å². The largest absolute Gasteiger partial charge is 0.469 e. The van der Waals surface area contributed by atoms with Crippen molar-refractivity contribution in [3.05, 3.63) is 28.2 Å². The smallest absolute Gasteiger partial charge is 0.307 e. The molecule has 0 bridgehead atoms. The Labute approximate surface area is 99.9 Å². The molecule has 0 amide bonds. The van der Waals surface area contributed by atoms with Gasteiger partial charge in [-0.15, -0.1) is 0 Å². The zero-order valence-corrected chi connectivity index (χ0v) is 10.1. The molecule has 0 aliphatic rings. The van der Waals surface area contributed by atoms with Crippen molar-refractivity contribution in [2.24, 2.45) is 0 Å². The Bertz CT molecular complexity index is 399. The Morgan fingerprint density at radius 3 is 2.75 bits per heavy atom. The summed E-state index contributed by atoms with van der Waals surface area (Å²) in [5.74, 6) is -1.77. The Hall–Kier alpha value is -1.17. The summed E-state index contributed by atoms with van der Waals surface area (Å²) in [5.41, 5.74) is 0.136. The first-order valence-electron chi connectivity index (χ1n) is 4.50. The fourth-order valence-electron chi connectivity index (χ4n) is 1.06. The zero-order valence-electron chi connectivity index (χ0n) is 8.52. The molecule has 16 heavy (non-hydrogen) atoms. The van der Waals surface area contributed by atoms with Crippen molar-refractivity contribution < 1.29 is 18.3 Å². The van der Waals surface area contributed by atoms with Gasteiger partial charge in [0.05, 0.1) is 23.7 Å². The number of carbonyl (C=O) groups is 1. The predicted molar refractivity (Wildman–Crippen MR) is 59.2 cm³/mol. The van der Waals surface area contributed by atoms with Gasteiger partial charge in [-0.3, -0.25) is 4.79 Å². The molecule has 6 heteroatoms. The van der Waals surface area contributed by atoms with Crippen LogP contribution in [0.1, 0.15) is 6.42 Å². The van der Waals surface area contributed by atoms with E-state index in [2.05, 4.69) is 26.0 Å². The van der Waals surface area contributed by atoms with Crippen LogP contribution >= 0.6 is 15.9 Å². The van der Waals surface area contributed by atoms with E-state index in [1.54, 1.807) is 0 Å². The maximum Gasteiger partial charge on any atom is 0.307 e. The van der Waals surface area contributed by atoms with E-state index in [9.17, 15) is 13.6 Å². The molecule has 0 heterocycles. The van der Waals surface area contributed by atoms with E-state index in [-0.39, 0.29) is 23.1 Å². The molecular formula is C10H10BrF2NO2. The van der Waals surface area contributed by atoms with Gasteiger partial charge in [-0.2, -0.15) is 0 Å². The molecule has 0 aliphatic heterocycles. The van der Waals surface area contributed by atoms with E-state index in [0.29, 0.717) is 0 Å². The molecule has 0 atom stereocenters. The molecular weight excluding hydrogens is 284 g/mol. The molecule has 0 saturated heterocycles. The highest BCUT2D eigenvalue weighted by Gasteiger charge is 2.08. The van der Waals surface area contributed by atoms with E-state index in [4.69, 9.17) is 0 Å². The predicted octanol–water partition coefficient (Wildman–Crippen LogP) is 2.70. The van der Waals surface area contributed by atoms with Gasteiger partial charge in [0.2, 0.25) is 0 Å². The van der Waals surface area contributed by atoms with E-state index in [1.165, 1.54) is 13.2 Å². The molecule has 1 rings (SSSR count). The number of ether oxygens (including phenoxy) is 1. The number of carbonyl (C=O) groups excluding carboxylic acids is 1. The first-order chi connectivity index (χ1) is 7.54. The monoisotopic (exact) mass is 293 g/mol. The summed E-state index contributed by atoms with van der Waals surface area (Å²) in [5, 5.41) is 2.67. The van der Waals surface area contributed by atoms with Gasteiger partial charge in [0.1, 0.15) is 11.6 Å². The number of hydrogen-bond donors (Lipinski definition) is 1. The second-order valence-corrected chi connectivity index (χ2v) is 3.85. The van der Waals surface area contributed by atoms with Crippen molar-refractivity contribution in [2.75, 3.05) is 19.0 Å². The van der Waals surface area contributed by atoms with Crippen LogP contribution in [0.5, 0.6) is 0 Å². The average molecular weight is 294 g/mol. The van der Waals surface area contributed by atoms with Gasteiger partial charge in [0.15, 0.2) is 0 Å². The maximum atomic E-state index is 13.2. The Morgan fingerprint density at radius 2 is 2.12 bits per heavy atom. The van der Waals surface area contributed by atoms with E-state index < -0.39 is 17.6 Å². The molecule has 0 aliphatic carbocycles. The van der Waals surface area contributed by atoms with Crippen LogP contribution < -0.4 is 5.32 Å². The number of halogens is 3. The number of nitrogens with one attached hydrogen (secondary N) is 1. The Kier molecular flexibility index (Phi) is 4.67. The quantitative estimate of drug-likeness (QED) is 0.685. The van der Waals surface area contributed by atoms with Crippen LogP contribution in [0.15, 0.2) is 16.6 Å². The lowest BCUT2D eigenvalue weighted by Gasteiger charge is -2.07. The van der Waals surface area contributed by atoms with Crippen LogP contribution in [0.25, 0.3) is 0 Å². The lowest BCUT2D eigenvalue weighted by molar-refractivity contribution is -0.140. The minimum absolute atomic E-state index is 0.116. The van der Waals surface area contributed by atoms with Crippen LogP contribution in [0.4, 0.5) is 14.5 Å². The maximum absolute atomic E-state index is 13.2. The Balaban J connectivity index is 2.60. The molecule has 0 spiro atoms. The number of anilines is 1. The highest BCUT2D eigenvalue weighted by molar-refractivity contribution is 9.10. The van der Waals surface area contributed by atoms with Crippen molar-refractivity contribution >= 4 is 27.6 Å². The number of rotatable bonds is 4. The standard InChI is InChI=1S/C10H10BrF2NO2/c1-16-10(15)2-3-14-9-4-6(11)7(12)5-8(9)13/h4-5,14H,2-3H2,1H3. The summed E-state index contributed by atoms with van der Waals surface area (Å²) >= 11 is 2.94. The number of benzene rings is 1. The Morgan fingerprint density at radius 1 is 1.44 bits per heavy atom. The van der Waals surface area contributed by atoms with Gasteiger partial charge in [-0.05, 0) is 22.0 Å². The molecule has 0 aromatic heterocycles. The number of esters is 1. The average Bonchev–Trinajstić information content (AvgIpc) is 2.25. The summed E-state index contributed by atoms with van der Waals surface area (Å²) in [4.78, 5) is 10.8. The van der Waals surface area contributed by atoms with Gasteiger partial charge in [-0.1, -0.05) is 0 Å².